The quantitative estimate of drug-likeness (QED) is 0.879. The third-order valence-corrected chi connectivity index (χ3v) is 2.50. The molecular formula is C13H9F3N2O3. The van der Waals surface area contributed by atoms with Crippen LogP contribution in [0.5, 0.6) is 5.88 Å². The number of alkyl halides is 3. The van der Waals surface area contributed by atoms with Crippen molar-refractivity contribution >= 4 is 17.0 Å². The zero-order valence-electron chi connectivity index (χ0n) is 10.5. The Morgan fingerprint density at radius 1 is 1.38 bits per heavy atom. The van der Waals surface area contributed by atoms with E-state index in [4.69, 9.17) is 9.84 Å². The monoisotopic (exact) mass is 298 g/mol. The fourth-order valence-corrected chi connectivity index (χ4v) is 1.64. The summed E-state index contributed by atoms with van der Waals surface area (Å²) < 4.78 is 43.6. The van der Waals surface area contributed by atoms with E-state index < -0.39 is 23.4 Å². The lowest BCUT2D eigenvalue weighted by Crippen LogP contribution is -2.15. The second kappa shape index (κ2) is 5.39. The normalized spacial score (nSPS) is 11.4. The minimum Gasteiger partial charge on any atom is -0.478 e. The molecule has 0 aromatic carbocycles. The van der Waals surface area contributed by atoms with Crippen LogP contribution in [0.3, 0.4) is 0 Å². The third-order valence-electron chi connectivity index (χ3n) is 2.50. The van der Waals surface area contributed by atoms with Crippen molar-refractivity contribution in [2.45, 2.75) is 6.18 Å². The summed E-state index contributed by atoms with van der Waals surface area (Å²) in [5, 5.41) is 9.04. The molecule has 0 bridgehead atoms. The van der Waals surface area contributed by atoms with E-state index in [1.165, 1.54) is 18.2 Å². The number of carbonyl (C=O) groups is 1. The zero-order valence-corrected chi connectivity index (χ0v) is 10.5. The van der Waals surface area contributed by atoms with Crippen LogP contribution in [0.4, 0.5) is 13.2 Å². The number of nitrogens with zero attached hydrogens (tertiary/aromatic N) is 2. The van der Waals surface area contributed by atoms with Gasteiger partial charge in [0, 0.05) is 11.5 Å². The highest BCUT2D eigenvalue weighted by Crippen LogP contribution is 2.32. The highest BCUT2D eigenvalue weighted by molar-refractivity contribution is 5.93. The summed E-state index contributed by atoms with van der Waals surface area (Å²) in [6.45, 7) is 3.57. The Labute approximate surface area is 116 Å². The van der Waals surface area contributed by atoms with Gasteiger partial charge in [0.1, 0.15) is 6.61 Å². The van der Waals surface area contributed by atoms with Crippen LogP contribution in [-0.4, -0.2) is 27.7 Å². The maximum atomic E-state index is 12.8. The number of ether oxygens (including phenoxy) is 1. The van der Waals surface area contributed by atoms with E-state index in [1.54, 1.807) is 0 Å². The molecular weight excluding hydrogens is 289 g/mol. The summed E-state index contributed by atoms with van der Waals surface area (Å²) in [7, 11) is 0. The minimum absolute atomic E-state index is 0.0751. The Morgan fingerprint density at radius 2 is 2.10 bits per heavy atom. The molecule has 2 aromatic rings. The molecule has 0 radical (unpaired) electrons. The Hall–Kier alpha value is -2.64. The summed E-state index contributed by atoms with van der Waals surface area (Å²) in [5.74, 6) is -1.63. The Balaban J connectivity index is 2.61. The van der Waals surface area contributed by atoms with Crippen LogP contribution >= 0.6 is 0 Å². The fraction of sp³-hybridized carbons (Fsp3) is 0.154. The average molecular weight is 298 g/mol. The molecule has 110 valence electrons. The molecule has 0 fully saturated rings. The van der Waals surface area contributed by atoms with E-state index in [0.717, 1.165) is 6.07 Å². The van der Waals surface area contributed by atoms with Crippen LogP contribution in [0, 0.1) is 0 Å². The molecule has 0 saturated heterocycles. The van der Waals surface area contributed by atoms with Gasteiger partial charge in [0.2, 0.25) is 5.88 Å². The molecule has 21 heavy (non-hydrogen) atoms. The third kappa shape index (κ3) is 3.10. The summed E-state index contributed by atoms with van der Waals surface area (Å²) >= 11 is 0. The van der Waals surface area contributed by atoms with E-state index in [1.807, 2.05) is 0 Å². The number of pyridine rings is 2. The number of aromatic nitrogens is 2. The lowest BCUT2D eigenvalue weighted by atomic mass is 10.1. The van der Waals surface area contributed by atoms with Crippen LogP contribution in [0.2, 0.25) is 0 Å². The van der Waals surface area contributed by atoms with Gasteiger partial charge in [-0.25, -0.2) is 9.78 Å². The molecule has 2 aromatic heterocycles. The van der Waals surface area contributed by atoms with Crippen molar-refractivity contribution in [3.63, 3.8) is 0 Å². The summed E-state index contributed by atoms with van der Waals surface area (Å²) in [5.41, 5.74) is -2.65. The predicted molar refractivity (Wildman–Crippen MR) is 67.2 cm³/mol. The topological polar surface area (TPSA) is 72.3 Å². The average Bonchev–Trinajstić information content (AvgIpc) is 2.42. The standard InChI is InChI=1S/C13H9F3N2O3/c1-2-5-21-9-4-3-7-6-8(12(19)20)10(13(14,15)16)18-11(7)17-9/h2-4,6H,1,5H2,(H,19,20). The Kier molecular flexibility index (Phi) is 3.79. The first kappa shape index (κ1) is 14.8. The van der Waals surface area contributed by atoms with Gasteiger partial charge in [0.25, 0.3) is 0 Å². The number of halogens is 3. The number of carboxylic acid groups (broad SMARTS) is 1. The molecule has 2 rings (SSSR count). The fourth-order valence-electron chi connectivity index (χ4n) is 1.64. The largest absolute Gasteiger partial charge is 0.478 e. The lowest BCUT2D eigenvalue weighted by molar-refractivity contribution is -0.141. The van der Waals surface area contributed by atoms with Gasteiger partial charge in [-0.05, 0) is 12.1 Å². The van der Waals surface area contributed by atoms with Gasteiger partial charge in [-0.2, -0.15) is 18.2 Å². The van der Waals surface area contributed by atoms with Crippen molar-refractivity contribution in [3.8, 4) is 5.88 Å². The van der Waals surface area contributed by atoms with Crippen LogP contribution in [0.15, 0.2) is 30.9 Å². The van der Waals surface area contributed by atoms with Crippen LogP contribution < -0.4 is 4.74 Å². The summed E-state index contributed by atoms with van der Waals surface area (Å²) in [6.07, 6.45) is -3.43. The van der Waals surface area contributed by atoms with Crippen molar-refractivity contribution < 1.29 is 27.8 Å². The molecule has 0 aliphatic rings. The molecule has 8 heteroatoms. The Bertz CT molecular complexity index is 714. The molecule has 0 atom stereocenters. The lowest BCUT2D eigenvalue weighted by Gasteiger charge is -2.10. The first-order chi connectivity index (χ1) is 9.82. The van der Waals surface area contributed by atoms with E-state index in [2.05, 4.69) is 16.5 Å². The maximum Gasteiger partial charge on any atom is 0.434 e. The van der Waals surface area contributed by atoms with Gasteiger partial charge in [0.05, 0.1) is 5.56 Å². The smallest absolute Gasteiger partial charge is 0.434 e. The molecule has 1 N–H and O–H groups in total. The van der Waals surface area contributed by atoms with Gasteiger partial charge < -0.3 is 9.84 Å². The number of aromatic carboxylic acids is 1. The first-order valence-electron chi connectivity index (χ1n) is 5.69. The first-order valence-corrected chi connectivity index (χ1v) is 5.69. The van der Waals surface area contributed by atoms with E-state index in [9.17, 15) is 18.0 Å². The SMILES string of the molecule is C=CCOc1ccc2cc(C(=O)O)c(C(F)(F)F)nc2n1. The molecule has 5 nitrogen and oxygen atoms in total. The molecule has 0 aliphatic heterocycles. The van der Waals surface area contributed by atoms with Crippen LogP contribution in [0.25, 0.3) is 11.0 Å². The van der Waals surface area contributed by atoms with Crippen molar-refractivity contribution in [1.29, 1.82) is 0 Å². The highest BCUT2D eigenvalue weighted by atomic mass is 19.4. The van der Waals surface area contributed by atoms with Crippen molar-refractivity contribution in [2.24, 2.45) is 0 Å². The van der Waals surface area contributed by atoms with Gasteiger partial charge in [-0.3, -0.25) is 0 Å². The molecule has 0 unspecified atom stereocenters. The second-order valence-corrected chi connectivity index (χ2v) is 3.98. The molecule has 0 saturated carbocycles. The maximum absolute atomic E-state index is 12.8. The van der Waals surface area contributed by atoms with Crippen molar-refractivity contribution in [2.75, 3.05) is 6.61 Å². The Morgan fingerprint density at radius 3 is 2.67 bits per heavy atom. The highest BCUT2D eigenvalue weighted by Gasteiger charge is 2.38. The number of hydrogen-bond donors (Lipinski definition) is 1. The van der Waals surface area contributed by atoms with Gasteiger partial charge in [-0.15, -0.1) is 0 Å². The molecule has 0 aliphatic carbocycles. The predicted octanol–water partition coefficient (Wildman–Crippen LogP) is 2.91. The van der Waals surface area contributed by atoms with Crippen molar-refractivity contribution in [1.82, 2.24) is 9.97 Å². The van der Waals surface area contributed by atoms with Crippen LogP contribution in [-0.2, 0) is 6.18 Å². The summed E-state index contributed by atoms with van der Waals surface area (Å²) in [6, 6.07) is 3.69. The number of rotatable bonds is 4. The van der Waals surface area contributed by atoms with Gasteiger partial charge in [0.15, 0.2) is 11.3 Å². The van der Waals surface area contributed by atoms with Gasteiger partial charge >= 0.3 is 12.1 Å². The van der Waals surface area contributed by atoms with E-state index in [-0.39, 0.29) is 23.5 Å². The van der Waals surface area contributed by atoms with Crippen LogP contribution in [0.1, 0.15) is 16.1 Å². The van der Waals surface area contributed by atoms with Crippen molar-refractivity contribution in [3.05, 3.63) is 42.1 Å². The van der Waals surface area contributed by atoms with E-state index in [0.29, 0.717) is 0 Å². The second-order valence-electron chi connectivity index (χ2n) is 3.98. The molecule has 2 heterocycles. The summed E-state index contributed by atoms with van der Waals surface area (Å²) in [4.78, 5) is 18.1. The van der Waals surface area contributed by atoms with E-state index >= 15 is 0 Å². The number of hydrogen-bond acceptors (Lipinski definition) is 4. The minimum atomic E-state index is -4.89. The molecule has 0 spiro atoms. The number of carboxylic acids is 1. The number of fused-ring (bicyclic) bond motifs is 1. The molecule has 0 amide bonds. The zero-order chi connectivity index (χ0) is 15.6. The van der Waals surface area contributed by atoms with Gasteiger partial charge in [-0.1, -0.05) is 12.7 Å².